The minimum Gasteiger partial charge on any atom is -0.354 e. The maximum atomic E-state index is 14.0. The number of anilines is 1. The van der Waals surface area contributed by atoms with Gasteiger partial charge in [0.25, 0.3) is 0 Å². The van der Waals surface area contributed by atoms with Gasteiger partial charge in [-0.15, -0.1) is 0 Å². The molecular formula is C31H35Cl4N3O4S. The summed E-state index contributed by atoms with van der Waals surface area (Å²) in [7, 11) is -3.75. The molecule has 3 aromatic rings. The van der Waals surface area contributed by atoms with Crippen LogP contribution in [-0.2, 0) is 32.6 Å². The summed E-state index contributed by atoms with van der Waals surface area (Å²) < 4.78 is 26.5. The predicted molar refractivity (Wildman–Crippen MR) is 177 cm³/mol. The lowest BCUT2D eigenvalue weighted by Crippen LogP contribution is -2.50. The van der Waals surface area contributed by atoms with Crippen LogP contribution < -0.4 is 9.62 Å². The van der Waals surface area contributed by atoms with Crippen LogP contribution in [0.2, 0.25) is 20.1 Å². The Balaban J connectivity index is 1.93. The fraction of sp³-hybridized carbons (Fsp3) is 0.355. The third-order valence-electron chi connectivity index (χ3n) is 6.82. The number of halogens is 4. The third kappa shape index (κ3) is 10.3. The lowest BCUT2D eigenvalue weighted by atomic mass is 10.0. The Morgan fingerprint density at radius 2 is 1.56 bits per heavy atom. The smallest absolute Gasteiger partial charge is 0.243 e. The van der Waals surface area contributed by atoms with E-state index in [0.29, 0.717) is 27.2 Å². The molecule has 43 heavy (non-hydrogen) atoms. The molecule has 0 aliphatic rings. The largest absolute Gasteiger partial charge is 0.354 e. The highest BCUT2D eigenvalue weighted by atomic mass is 35.5. The Bertz CT molecular complexity index is 1490. The van der Waals surface area contributed by atoms with E-state index in [1.807, 2.05) is 37.3 Å². The van der Waals surface area contributed by atoms with E-state index in [9.17, 15) is 18.0 Å². The number of hydrogen-bond donors (Lipinski definition) is 1. The molecule has 3 aromatic carbocycles. The number of benzene rings is 3. The molecule has 0 saturated carbocycles. The minimum absolute atomic E-state index is 0.00799. The quantitative estimate of drug-likeness (QED) is 0.169. The van der Waals surface area contributed by atoms with Crippen LogP contribution in [0, 0.1) is 0 Å². The summed E-state index contributed by atoms with van der Waals surface area (Å²) in [5.74, 6) is -0.648. The summed E-state index contributed by atoms with van der Waals surface area (Å²) in [5, 5.41) is 4.24. The van der Waals surface area contributed by atoms with Crippen molar-refractivity contribution >= 4 is 73.9 Å². The molecule has 2 amide bonds. The van der Waals surface area contributed by atoms with Crippen LogP contribution in [0.15, 0.2) is 66.7 Å². The number of carbonyl (C=O) groups excluding carboxylic acids is 2. The lowest BCUT2D eigenvalue weighted by Gasteiger charge is -2.32. The van der Waals surface area contributed by atoms with Crippen LogP contribution >= 0.6 is 46.4 Å². The summed E-state index contributed by atoms with van der Waals surface area (Å²) in [6.45, 7) is 2.46. The van der Waals surface area contributed by atoms with Crippen molar-refractivity contribution in [1.29, 1.82) is 0 Å². The number of amides is 2. The zero-order chi connectivity index (χ0) is 31.6. The highest BCUT2D eigenvalue weighted by molar-refractivity contribution is 7.92. The molecule has 0 aliphatic carbocycles. The Kier molecular flexibility index (Phi) is 13.5. The van der Waals surface area contributed by atoms with Gasteiger partial charge in [-0.3, -0.25) is 13.9 Å². The number of rotatable bonds is 15. The van der Waals surface area contributed by atoms with E-state index in [2.05, 4.69) is 5.32 Å². The van der Waals surface area contributed by atoms with Crippen LogP contribution in [0.5, 0.6) is 0 Å². The van der Waals surface area contributed by atoms with E-state index >= 15 is 0 Å². The average molecular weight is 688 g/mol. The maximum Gasteiger partial charge on any atom is 0.243 e. The van der Waals surface area contributed by atoms with Crippen LogP contribution in [0.25, 0.3) is 0 Å². The van der Waals surface area contributed by atoms with Crippen LogP contribution in [0.3, 0.4) is 0 Å². The van der Waals surface area contributed by atoms with Gasteiger partial charge in [-0.05, 0) is 48.7 Å². The molecule has 12 heteroatoms. The summed E-state index contributed by atoms with van der Waals surface area (Å²) in [4.78, 5) is 29.1. The van der Waals surface area contributed by atoms with Gasteiger partial charge >= 0.3 is 0 Å². The maximum absolute atomic E-state index is 14.0. The van der Waals surface area contributed by atoms with Crippen molar-refractivity contribution in [1.82, 2.24) is 10.2 Å². The molecule has 0 heterocycles. The zero-order valence-corrected chi connectivity index (χ0v) is 27.9. The Morgan fingerprint density at radius 1 is 0.884 bits per heavy atom. The molecule has 0 fully saturated rings. The van der Waals surface area contributed by atoms with Gasteiger partial charge in [0.05, 0.1) is 17.0 Å². The third-order valence-corrected chi connectivity index (χ3v) is 9.26. The van der Waals surface area contributed by atoms with E-state index in [1.165, 1.54) is 17.0 Å². The highest BCUT2D eigenvalue weighted by Crippen LogP contribution is 2.31. The SMILES string of the molecule is CCCCNC(=O)[C@@H](Cc1ccccc1)N(Cc1c(Cl)cccc1Cl)C(=O)CCCN(c1cc(Cl)ccc1Cl)S(C)(=O)=O. The fourth-order valence-corrected chi connectivity index (χ4v) is 6.50. The minimum atomic E-state index is -3.75. The molecule has 232 valence electrons. The van der Waals surface area contributed by atoms with Gasteiger partial charge in [0.2, 0.25) is 21.8 Å². The normalized spacial score (nSPS) is 12.0. The van der Waals surface area contributed by atoms with Crippen molar-refractivity contribution < 1.29 is 18.0 Å². The molecule has 0 aromatic heterocycles. The highest BCUT2D eigenvalue weighted by Gasteiger charge is 2.31. The van der Waals surface area contributed by atoms with Gasteiger partial charge in [-0.25, -0.2) is 8.42 Å². The van der Waals surface area contributed by atoms with Crippen molar-refractivity contribution in [3.8, 4) is 0 Å². The number of nitrogens with zero attached hydrogens (tertiary/aromatic N) is 2. The van der Waals surface area contributed by atoms with E-state index in [4.69, 9.17) is 46.4 Å². The summed E-state index contributed by atoms with van der Waals surface area (Å²) >= 11 is 25.4. The predicted octanol–water partition coefficient (Wildman–Crippen LogP) is 7.40. The number of nitrogens with one attached hydrogen (secondary N) is 1. The van der Waals surface area contributed by atoms with E-state index in [0.717, 1.165) is 29.0 Å². The van der Waals surface area contributed by atoms with Gasteiger partial charge in [0, 0.05) is 53.1 Å². The van der Waals surface area contributed by atoms with Crippen molar-refractivity contribution in [3.63, 3.8) is 0 Å². The molecule has 0 unspecified atom stereocenters. The molecule has 0 spiro atoms. The monoisotopic (exact) mass is 685 g/mol. The van der Waals surface area contributed by atoms with Crippen molar-refractivity contribution in [2.45, 2.75) is 51.6 Å². The standard InChI is InChI=1S/C31H35Cl4N3O4S/c1-3-4-17-36-31(40)29(19-22-10-6-5-7-11-22)37(21-24-25(33)12-8-13-26(24)34)30(39)14-9-18-38(43(2,41)42)28-20-23(32)15-16-27(28)35/h5-8,10-13,15-16,20,29H,3-4,9,14,17-19,21H2,1-2H3,(H,36,40)/t29-/m1/s1. The van der Waals surface area contributed by atoms with Crippen LogP contribution in [0.1, 0.15) is 43.7 Å². The summed E-state index contributed by atoms with van der Waals surface area (Å²) in [6.07, 6.45) is 3.11. The molecular weight excluding hydrogens is 652 g/mol. The zero-order valence-electron chi connectivity index (χ0n) is 24.0. The first kappa shape index (κ1) is 35.0. The van der Waals surface area contributed by atoms with Gasteiger partial charge in [0.15, 0.2) is 0 Å². The molecule has 0 saturated heterocycles. The van der Waals surface area contributed by atoms with Gasteiger partial charge < -0.3 is 10.2 Å². The van der Waals surface area contributed by atoms with E-state index in [-0.39, 0.29) is 54.9 Å². The van der Waals surface area contributed by atoms with Gasteiger partial charge in [-0.2, -0.15) is 0 Å². The average Bonchev–Trinajstić information content (AvgIpc) is 2.95. The molecule has 0 radical (unpaired) electrons. The van der Waals surface area contributed by atoms with Crippen LogP contribution in [-0.4, -0.2) is 50.5 Å². The topological polar surface area (TPSA) is 86.8 Å². The van der Waals surface area contributed by atoms with E-state index in [1.54, 1.807) is 24.3 Å². The second kappa shape index (κ2) is 16.5. The molecule has 7 nitrogen and oxygen atoms in total. The Hall–Kier alpha value is -2.49. The molecule has 0 aliphatic heterocycles. The Labute approximate surface area is 274 Å². The van der Waals surface area contributed by atoms with Crippen molar-refractivity contribution in [3.05, 3.63) is 97.9 Å². The fourth-order valence-electron chi connectivity index (χ4n) is 4.57. The molecule has 0 bridgehead atoms. The molecule has 3 rings (SSSR count). The molecule has 1 N–H and O–H groups in total. The summed E-state index contributed by atoms with van der Waals surface area (Å²) in [6, 6.07) is 18.2. The van der Waals surface area contributed by atoms with Gasteiger partial charge in [-0.1, -0.05) is 96.1 Å². The first-order chi connectivity index (χ1) is 20.4. The van der Waals surface area contributed by atoms with E-state index < -0.39 is 16.1 Å². The van der Waals surface area contributed by atoms with Gasteiger partial charge in [0.1, 0.15) is 6.04 Å². The second-order valence-corrected chi connectivity index (χ2v) is 13.7. The number of carbonyl (C=O) groups is 2. The Morgan fingerprint density at radius 3 is 2.19 bits per heavy atom. The number of unbranched alkanes of at least 4 members (excludes halogenated alkanes) is 1. The summed E-state index contributed by atoms with van der Waals surface area (Å²) in [5.41, 5.74) is 1.61. The first-order valence-electron chi connectivity index (χ1n) is 13.9. The van der Waals surface area contributed by atoms with Crippen molar-refractivity contribution in [2.75, 3.05) is 23.7 Å². The first-order valence-corrected chi connectivity index (χ1v) is 17.2. The lowest BCUT2D eigenvalue weighted by molar-refractivity contribution is -0.141. The second-order valence-electron chi connectivity index (χ2n) is 10.1. The van der Waals surface area contributed by atoms with Crippen LogP contribution in [0.4, 0.5) is 5.69 Å². The van der Waals surface area contributed by atoms with Crippen molar-refractivity contribution in [2.24, 2.45) is 0 Å². The molecule has 1 atom stereocenters. The number of hydrogen-bond acceptors (Lipinski definition) is 4. The number of sulfonamides is 1.